The molecule has 0 saturated carbocycles. The lowest BCUT2D eigenvalue weighted by Gasteiger charge is -2.15. The topological polar surface area (TPSA) is 64.6 Å². The van der Waals surface area contributed by atoms with Crippen molar-refractivity contribution in [1.82, 2.24) is 5.32 Å². The first-order valence-corrected chi connectivity index (χ1v) is 8.23. The Morgan fingerprint density at radius 2 is 1.68 bits per heavy atom. The molecule has 2 aromatic rings. The summed E-state index contributed by atoms with van der Waals surface area (Å²) in [6, 6.07) is 14.4. The molecule has 0 bridgehead atoms. The van der Waals surface area contributed by atoms with Crippen molar-refractivity contribution in [2.45, 2.75) is 26.3 Å². The van der Waals surface area contributed by atoms with Crippen molar-refractivity contribution in [2.75, 3.05) is 13.7 Å². The molecule has 0 aliphatic carbocycles. The Morgan fingerprint density at radius 1 is 1.04 bits per heavy atom. The second kappa shape index (κ2) is 8.87. The van der Waals surface area contributed by atoms with Crippen LogP contribution >= 0.6 is 0 Å². The number of methoxy groups -OCH3 is 1. The van der Waals surface area contributed by atoms with Crippen molar-refractivity contribution >= 4 is 11.9 Å². The summed E-state index contributed by atoms with van der Waals surface area (Å²) in [5.41, 5.74) is 2.52. The number of benzene rings is 2. The molecule has 0 radical (unpaired) electrons. The molecule has 132 valence electrons. The summed E-state index contributed by atoms with van der Waals surface area (Å²) in [5, 5.41) is 2.80. The van der Waals surface area contributed by atoms with Crippen LogP contribution in [0.5, 0.6) is 5.75 Å². The number of aryl methyl sites for hydroxylation is 1. The average molecular weight is 341 g/mol. The van der Waals surface area contributed by atoms with E-state index in [0.717, 1.165) is 23.3 Å². The quantitative estimate of drug-likeness (QED) is 0.785. The number of esters is 1. The summed E-state index contributed by atoms with van der Waals surface area (Å²) in [4.78, 5) is 23.9. The highest BCUT2D eigenvalue weighted by Gasteiger charge is 2.13. The van der Waals surface area contributed by atoms with Crippen molar-refractivity contribution in [1.29, 1.82) is 0 Å². The molecule has 0 fully saturated rings. The maximum Gasteiger partial charge on any atom is 0.338 e. The Morgan fingerprint density at radius 3 is 2.24 bits per heavy atom. The molecule has 5 heteroatoms. The molecule has 1 atom stereocenters. The third-order valence-electron chi connectivity index (χ3n) is 3.93. The van der Waals surface area contributed by atoms with E-state index in [1.807, 2.05) is 50.2 Å². The molecule has 0 heterocycles. The minimum absolute atomic E-state index is 0.194. The van der Waals surface area contributed by atoms with Gasteiger partial charge in [0.05, 0.1) is 18.7 Å². The lowest BCUT2D eigenvalue weighted by Crippen LogP contribution is -2.31. The Kier molecular flexibility index (Phi) is 6.57. The number of hydrogen-bond donors (Lipinski definition) is 1. The number of rotatable bonds is 7. The smallest absolute Gasteiger partial charge is 0.338 e. The van der Waals surface area contributed by atoms with Gasteiger partial charge in [-0.05, 0) is 48.7 Å². The standard InChI is InChI=1S/C20H23NO4/c1-4-15-5-7-17(8-6-15)20(23)25-13-19(22)21-14(2)16-9-11-18(24-3)12-10-16/h5-12,14H,4,13H2,1-3H3,(H,21,22). The molecule has 1 unspecified atom stereocenters. The van der Waals surface area contributed by atoms with Gasteiger partial charge in [-0.1, -0.05) is 31.2 Å². The monoisotopic (exact) mass is 341 g/mol. The van der Waals surface area contributed by atoms with Gasteiger partial charge >= 0.3 is 5.97 Å². The minimum atomic E-state index is -0.505. The van der Waals surface area contributed by atoms with Gasteiger partial charge in [-0.25, -0.2) is 4.79 Å². The fourth-order valence-electron chi connectivity index (χ4n) is 2.35. The van der Waals surface area contributed by atoms with Gasteiger partial charge < -0.3 is 14.8 Å². The van der Waals surface area contributed by atoms with Crippen LogP contribution in [0.15, 0.2) is 48.5 Å². The number of amides is 1. The van der Waals surface area contributed by atoms with Crippen molar-refractivity contribution in [3.05, 3.63) is 65.2 Å². The van der Waals surface area contributed by atoms with Gasteiger partial charge in [0.25, 0.3) is 5.91 Å². The van der Waals surface area contributed by atoms with E-state index in [4.69, 9.17) is 9.47 Å². The summed E-state index contributed by atoms with van der Waals surface area (Å²) >= 11 is 0. The van der Waals surface area contributed by atoms with E-state index in [0.29, 0.717) is 5.56 Å². The summed E-state index contributed by atoms with van der Waals surface area (Å²) in [6.07, 6.45) is 0.904. The van der Waals surface area contributed by atoms with E-state index in [1.54, 1.807) is 19.2 Å². The first kappa shape index (κ1) is 18.5. The Labute approximate surface area is 148 Å². The maximum atomic E-state index is 12.0. The third-order valence-corrected chi connectivity index (χ3v) is 3.93. The number of carbonyl (C=O) groups excluding carboxylic acids is 2. The first-order valence-electron chi connectivity index (χ1n) is 8.23. The molecule has 5 nitrogen and oxygen atoms in total. The van der Waals surface area contributed by atoms with Gasteiger partial charge in [0.2, 0.25) is 0 Å². The van der Waals surface area contributed by atoms with Crippen LogP contribution in [-0.4, -0.2) is 25.6 Å². The Bertz CT molecular complexity index is 707. The molecule has 0 aliphatic rings. The largest absolute Gasteiger partial charge is 0.497 e. The summed E-state index contributed by atoms with van der Waals surface area (Å²) in [7, 11) is 1.60. The molecular formula is C20H23NO4. The van der Waals surface area contributed by atoms with Crippen LogP contribution in [0, 0.1) is 0 Å². The second-order valence-corrected chi connectivity index (χ2v) is 5.69. The predicted molar refractivity (Wildman–Crippen MR) is 95.7 cm³/mol. The van der Waals surface area contributed by atoms with Gasteiger partial charge in [0.1, 0.15) is 5.75 Å². The van der Waals surface area contributed by atoms with E-state index < -0.39 is 5.97 Å². The zero-order chi connectivity index (χ0) is 18.2. The average Bonchev–Trinajstić information content (AvgIpc) is 2.66. The Balaban J connectivity index is 1.83. The molecule has 1 N–H and O–H groups in total. The van der Waals surface area contributed by atoms with Crippen molar-refractivity contribution in [3.63, 3.8) is 0 Å². The van der Waals surface area contributed by atoms with Crippen molar-refractivity contribution < 1.29 is 19.1 Å². The summed E-state index contributed by atoms with van der Waals surface area (Å²) in [5.74, 6) is -0.0953. The fourth-order valence-corrected chi connectivity index (χ4v) is 2.35. The van der Waals surface area contributed by atoms with Crippen LogP contribution in [-0.2, 0) is 16.0 Å². The van der Waals surface area contributed by atoms with Crippen LogP contribution in [0.4, 0.5) is 0 Å². The van der Waals surface area contributed by atoms with Gasteiger partial charge in [-0.3, -0.25) is 4.79 Å². The lowest BCUT2D eigenvalue weighted by molar-refractivity contribution is -0.124. The zero-order valence-electron chi connectivity index (χ0n) is 14.7. The summed E-state index contributed by atoms with van der Waals surface area (Å²) < 4.78 is 10.2. The first-order chi connectivity index (χ1) is 12.0. The van der Waals surface area contributed by atoms with Gasteiger partial charge in [0.15, 0.2) is 6.61 Å². The molecule has 2 rings (SSSR count). The fraction of sp³-hybridized carbons (Fsp3) is 0.300. The maximum absolute atomic E-state index is 12.0. The molecule has 2 aromatic carbocycles. The van der Waals surface area contributed by atoms with E-state index in [2.05, 4.69) is 5.32 Å². The molecule has 0 aromatic heterocycles. The van der Waals surface area contributed by atoms with Crippen LogP contribution < -0.4 is 10.1 Å². The lowest BCUT2D eigenvalue weighted by atomic mass is 10.1. The third kappa shape index (κ3) is 5.35. The summed E-state index contributed by atoms with van der Waals surface area (Å²) in [6.45, 7) is 3.60. The highest BCUT2D eigenvalue weighted by atomic mass is 16.5. The van der Waals surface area contributed by atoms with Gasteiger partial charge in [-0.15, -0.1) is 0 Å². The SMILES string of the molecule is CCc1ccc(C(=O)OCC(=O)NC(C)c2ccc(OC)cc2)cc1. The zero-order valence-corrected chi connectivity index (χ0v) is 14.7. The predicted octanol–water partition coefficient (Wildman–Crippen LogP) is 3.29. The van der Waals surface area contributed by atoms with Crippen LogP contribution in [0.1, 0.15) is 41.4 Å². The molecule has 1 amide bonds. The second-order valence-electron chi connectivity index (χ2n) is 5.69. The van der Waals surface area contributed by atoms with Gasteiger partial charge in [-0.2, -0.15) is 0 Å². The normalized spacial score (nSPS) is 11.5. The van der Waals surface area contributed by atoms with Crippen molar-refractivity contribution in [2.24, 2.45) is 0 Å². The molecular weight excluding hydrogens is 318 g/mol. The van der Waals surface area contributed by atoms with E-state index in [9.17, 15) is 9.59 Å². The highest BCUT2D eigenvalue weighted by Crippen LogP contribution is 2.17. The van der Waals surface area contributed by atoms with Gasteiger partial charge in [0, 0.05) is 0 Å². The number of nitrogens with one attached hydrogen (secondary N) is 1. The van der Waals surface area contributed by atoms with E-state index in [-0.39, 0.29) is 18.6 Å². The molecule has 0 saturated heterocycles. The minimum Gasteiger partial charge on any atom is -0.497 e. The van der Waals surface area contributed by atoms with Crippen LogP contribution in [0.3, 0.4) is 0 Å². The van der Waals surface area contributed by atoms with Crippen molar-refractivity contribution in [3.8, 4) is 5.75 Å². The van der Waals surface area contributed by atoms with Crippen LogP contribution in [0.2, 0.25) is 0 Å². The Hall–Kier alpha value is -2.82. The van der Waals surface area contributed by atoms with E-state index >= 15 is 0 Å². The molecule has 0 spiro atoms. The number of ether oxygens (including phenoxy) is 2. The molecule has 25 heavy (non-hydrogen) atoms. The van der Waals surface area contributed by atoms with E-state index in [1.165, 1.54) is 0 Å². The van der Waals surface area contributed by atoms with Crippen LogP contribution in [0.25, 0.3) is 0 Å². The molecule has 0 aliphatic heterocycles. The highest BCUT2D eigenvalue weighted by molar-refractivity contribution is 5.91. The number of hydrogen-bond acceptors (Lipinski definition) is 4. The number of carbonyl (C=O) groups is 2.